The zero-order valence-electron chi connectivity index (χ0n) is 11.5. The van der Waals surface area contributed by atoms with E-state index in [4.69, 9.17) is 0 Å². The van der Waals surface area contributed by atoms with Gasteiger partial charge in [0.15, 0.2) is 0 Å². The van der Waals surface area contributed by atoms with Crippen molar-refractivity contribution in [1.82, 2.24) is 15.5 Å². The number of aliphatic hydroxyl groups is 1. The maximum Gasteiger partial charge on any atom is 0.272 e. The molecule has 1 aromatic heterocycles. The average molecular weight is 253 g/mol. The fourth-order valence-electron chi connectivity index (χ4n) is 1.69. The van der Waals surface area contributed by atoms with Crippen LogP contribution >= 0.6 is 0 Å². The first kappa shape index (κ1) is 14.7. The molecule has 0 radical (unpaired) electrons. The van der Waals surface area contributed by atoms with Crippen LogP contribution in [0.4, 0.5) is 0 Å². The number of aromatic amines is 1. The Labute approximate surface area is 108 Å². The quantitative estimate of drug-likeness (QED) is 0.716. The molecule has 1 rings (SSSR count). The Hall–Kier alpha value is -1.36. The maximum atomic E-state index is 11.9. The molecule has 3 N–H and O–H groups in total. The number of hydrogen-bond acceptors (Lipinski definition) is 3. The second-order valence-electron chi connectivity index (χ2n) is 5.38. The van der Waals surface area contributed by atoms with Crippen molar-refractivity contribution in [2.24, 2.45) is 11.8 Å². The number of amides is 1. The molecule has 102 valence electrons. The number of nitrogens with one attached hydrogen (secondary N) is 2. The molecular formula is C13H23N3O2. The van der Waals surface area contributed by atoms with Gasteiger partial charge in [0, 0.05) is 5.69 Å². The number of nitrogens with zero attached hydrogens (tertiary/aromatic N) is 1. The number of aliphatic hydroxyl groups excluding tert-OH is 1. The van der Waals surface area contributed by atoms with Gasteiger partial charge in [-0.3, -0.25) is 9.89 Å². The first-order valence-electron chi connectivity index (χ1n) is 6.40. The highest BCUT2D eigenvalue weighted by molar-refractivity contribution is 5.92. The summed E-state index contributed by atoms with van der Waals surface area (Å²) in [6.45, 7) is 8.07. The van der Waals surface area contributed by atoms with Gasteiger partial charge in [-0.2, -0.15) is 5.10 Å². The lowest BCUT2D eigenvalue weighted by atomic mass is 10.1. The number of carbonyl (C=O) groups excluding carboxylic acids is 1. The number of aromatic nitrogens is 2. The molecule has 5 nitrogen and oxygen atoms in total. The predicted molar refractivity (Wildman–Crippen MR) is 70.3 cm³/mol. The zero-order valence-corrected chi connectivity index (χ0v) is 11.5. The van der Waals surface area contributed by atoms with Crippen LogP contribution < -0.4 is 5.32 Å². The molecule has 0 aliphatic heterocycles. The summed E-state index contributed by atoms with van der Waals surface area (Å²) < 4.78 is 0. The van der Waals surface area contributed by atoms with Gasteiger partial charge in [-0.05, 0) is 24.3 Å². The summed E-state index contributed by atoms with van der Waals surface area (Å²) in [6, 6.07) is 1.53. The van der Waals surface area contributed by atoms with Crippen molar-refractivity contribution in [2.45, 2.75) is 40.2 Å². The minimum absolute atomic E-state index is 0.0628. The second kappa shape index (κ2) is 6.54. The predicted octanol–water partition coefficient (Wildman–Crippen LogP) is 1.35. The molecule has 1 unspecified atom stereocenters. The summed E-state index contributed by atoms with van der Waals surface area (Å²) in [6.07, 6.45) is 0.869. The molecule has 1 heterocycles. The van der Waals surface area contributed by atoms with Gasteiger partial charge >= 0.3 is 0 Å². The monoisotopic (exact) mass is 253 g/mol. The van der Waals surface area contributed by atoms with Crippen LogP contribution in [0.1, 0.15) is 43.9 Å². The standard InChI is InChI=1S/C13H23N3O2/c1-8(2)5-10-6-11(16-15-10)13(18)14-12(7-17)9(3)4/h6,8-9,12,17H,5,7H2,1-4H3,(H,14,18)(H,15,16). The van der Waals surface area contributed by atoms with E-state index in [9.17, 15) is 9.90 Å². The third-order valence-corrected chi connectivity index (χ3v) is 2.81. The average Bonchev–Trinajstić information content (AvgIpc) is 2.72. The minimum atomic E-state index is -0.242. The molecule has 0 saturated carbocycles. The van der Waals surface area contributed by atoms with Gasteiger partial charge in [-0.1, -0.05) is 27.7 Å². The summed E-state index contributed by atoms with van der Waals surface area (Å²) >= 11 is 0. The molecule has 0 fully saturated rings. The van der Waals surface area contributed by atoms with Crippen molar-refractivity contribution in [3.63, 3.8) is 0 Å². The summed E-state index contributed by atoms with van der Waals surface area (Å²) in [5.74, 6) is 0.462. The zero-order chi connectivity index (χ0) is 13.7. The van der Waals surface area contributed by atoms with E-state index < -0.39 is 0 Å². The molecule has 1 atom stereocenters. The highest BCUT2D eigenvalue weighted by Gasteiger charge is 2.18. The maximum absolute atomic E-state index is 11.9. The topological polar surface area (TPSA) is 78.0 Å². The highest BCUT2D eigenvalue weighted by Crippen LogP contribution is 2.08. The molecule has 0 spiro atoms. The SMILES string of the molecule is CC(C)Cc1cc(C(=O)NC(CO)C(C)C)n[nH]1. The molecule has 0 saturated heterocycles. The van der Waals surface area contributed by atoms with Gasteiger partial charge in [0.1, 0.15) is 5.69 Å². The molecule has 5 heteroatoms. The van der Waals surface area contributed by atoms with Crippen molar-refractivity contribution in [3.05, 3.63) is 17.5 Å². The second-order valence-corrected chi connectivity index (χ2v) is 5.38. The summed E-state index contributed by atoms with van der Waals surface area (Å²) in [4.78, 5) is 11.9. The first-order chi connectivity index (χ1) is 8.43. The third kappa shape index (κ3) is 4.14. The van der Waals surface area contributed by atoms with Crippen molar-refractivity contribution in [1.29, 1.82) is 0 Å². The van der Waals surface area contributed by atoms with Crippen LogP contribution in [0.5, 0.6) is 0 Å². The Balaban J connectivity index is 2.64. The first-order valence-corrected chi connectivity index (χ1v) is 6.40. The number of carbonyl (C=O) groups is 1. The van der Waals surface area contributed by atoms with Crippen molar-refractivity contribution in [2.75, 3.05) is 6.61 Å². The Kier molecular flexibility index (Phi) is 5.34. The lowest BCUT2D eigenvalue weighted by molar-refractivity contribution is 0.0891. The molecule has 0 bridgehead atoms. The summed E-state index contributed by atoms with van der Waals surface area (Å²) in [5, 5.41) is 18.8. The van der Waals surface area contributed by atoms with Crippen LogP contribution in [0.25, 0.3) is 0 Å². The third-order valence-electron chi connectivity index (χ3n) is 2.81. The fourth-order valence-corrected chi connectivity index (χ4v) is 1.69. The molecular weight excluding hydrogens is 230 g/mol. The Bertz CT molecular complexity index is 385. The van der Waals surface area contributed by atoms with E-state index in [0.29, 0.717) is 11.6 Å². The van der Waals surface area contributed by atoms with Gasteiger partial charge in [-0.15, -0.1) is 0 Å². The van der Waals surface area contributed by atoms with Crippen LogP contribution in [-0.2, 0) is 6.42 Å². The highest BCUT2D eigenvalue weighted by atomic mass is 16.3. The van der Waals surface area contributed by atoms with E-state index in [1.807, 2.05) is 13.8 Å². The van der Waals surface area contributed by atoms with Crippen molar-refractivity contribution < 1.29 is 9.90 Å². The lowest BCUT2D eigenvalue weighted by Crippen LogP contribution is -2.41. The molecule has 1 amide bonds. The van der Waals surface area contributed by atoms with Crippen LogP contribution in [0.3, 0.4) is 0 Å². The lowest BCUT2D eigenvalue weighted by Gasteiger charge is -2.18. The van der Waals surface area contributed by atoms with Crippen LogP contribution in [0, 0.1) is 11.8 Å². The molecule has 0 aromatic carbocycles. The Morgan fingerprint density at radius 3 is 2.61 bits per heavy atom. The largest absolute Gasteiger partial charge is 0.394 e. The van der Waals surface area contributed by atoms with E-state index >= 15 is 0 Å². The van der Waals surface area contributed by atoms with Gasteiger partial charge in [-0.25, -0.2) is 0 Å². The Morgan fingerprint density at radius 1 is 1.44 bits per heavy atom. The van der Waals surface area contributed by atoms with E-state index in [0.717, 1.165) is 12.1 Å². The number of H-pyrrole nitrogens is 1. The fraction of sp³-hybridized carbons (Fsp3) is 0.692. The molecule has 0 aliphatic rings. The van der Waals surface area contributed by atoms with E-state index in [2.05, 4.69) is 29.4 Å². The van der Waals surface area contributed by atoms with Crippen LogP contribution in [-0.4, -0.2) is 33.9 Å². The molecule has 0 aliphatic carbocycles. The normalized spacial score (nSPS) is 13.1. The van der Waals surface area contributed by atoms with Gasteiger partial charge in [0.2, 0.25) is 0 Å². The smallest absolute Gasteiger partial charge is 0.272 e. The van der Waals surface area contributed by atoms with Gasteiger partial charge in [0.05, 0.1) is 12.6 Å². The molecule has 18 heavy (non-hydrogen) atoms. The summed E-state index contributed by atoms with van der Waals surface area (Å²) in [5.41, 5.74) is 1.34. The molecule has 1 aromatic rings. The van der Waals surface area contributed by atoms with Crippen LogP contribution in [0.15, 0.2) is 6.07 Å². The number of hydrogen-bond donors (Lipinski definition) is 3. The summed E-state index contributed by atoms with van der Waals surface area (Å²) in [7, 11) is 0. The Morgan fingerprint density at radius 2 is 2.11 bits per heavy atom. The minimum Gasteiger partial charge on any atom is -0.394 e. The van der Waals surface area contributed by atoms with E-state index in [1.54, 1.807) is 6.07 Å². The van der Waals surface area contributed by atoms with Gasteiger partial charge < -0.3 is 10.4 Å². The van der Waals surface area contributed by atoms with E-state index in [-0.39, 0.29) is 24.5 Å². The van der Waals surface area contributed by atoms with Crippen LogP contribution in [0.2, 0.25) is 0 Å². The van der Waals surface area contributed by atoms with E-state index in [1.165, 1.54) is 0 Å². The van der Waals surface area contributed by atoms with Gasteiger partial charge in [0.25, 0.3) is 5.91 Å². The van der Waals surface area contributed by atoms with Crippen molar-refractivity contribution in [3.8, 4) is 0 Å². The number of rotatable bonds is 6. The van der Waals surface area contributed by atoms with Crippen molar-refractivity contribution >= 4 is 5.91 Å².